The summed E-state index contributed by atoms with van der Waals surface area (Å²) in [7, 11) is 0. The molecule has 0 spiro atoms. The van der Waals surface area contributed by atoms with Crippen LogP contribution in [0, 0.1) is 13.8 Å². The standard InChI is InChI=1S/C18H21N3O3/c1-11-16(12(2)21(20-11)15-7-5-4-6-8-15)18(23)24-13(3)17(22)19-14-9-10-14/h4-8,13-14H,9-10H2,1-3H3,(H,19,22)/t13-/m0/s1. The topological polar surface area (TPSA) is 73.2 Å². The summed E-state index contributed by atoms with van der Waals surface area (Å²) < 4.78 is 7.04. The van der Waals surface area contributed by atoms with Gasteiger partial charge in [-0.2, -0.15) is 5.10 Å². The van der Waals surface area contributed by atoms with Crippen LogP contribution in [0.25, 0.3) is 5.69 Å². The molecule has 24 heavy (non-hydrogen) atoms. The average Bonchev–Trinajstić information content (AvgIpc) is 3.31. The number of hydrogen-bond donors (Lipinski definition) is 1. The van der Waals surface area contributed by atoms with Gasteiger partial charge in [0.1, 0.15) is 5.56 Å². The summed E-state index contributed by atoms with van der Waals surface area (Å²) in [4.78, 5) is 24.4. The summed E-state index contributed by atoms with van der Waals surface area (Å²) in [5, 5.41) is 7.26. The average molecular weight is 327 g/mol. The first-order chi connectivity index (χ1) is 11.5. The quantitative estimate of drug-likeness (QED) is 0.855. The molecule has 1 aromatic heterocycles. The van der Waals surface area contributed by atoms with E-state index < -0.39 is 12.1 Å². The lowest BCUT2D eigenvalue weighted by molar-refractivity contribution is -0.129. The normalized spacial score (nSPS) is 15.0. The first kappa shape index (κ1) is 16.2. The van der Waals surface area contributed by atoms with Gasteiger partial charge in [0.25, 0.3) is 5.91 Å². The van der Waals surface area contributed by atoms with Crippen LogP contribution in [0.5, 0.6) is 0 Å². The lowest BCUT2D eigenvalue weighted by Gasteiger charge is -2.13. The van der Waals surface area contributed by atoms with E-state index in [1.807, 2.05) is 37.3 Å². The second kappa shape index (κ2) is 6.47. The Hall–Kier alpha value is -2.63. The monoisotopic (exact) mass is 327 g/mol. The number of benzene rings is 1. The fraction of sp³-hybridized carbons (Fsp3) is 0.389. The van der Waals surface area contributed by atoms with Crippen LogP contribution in [0.4, 0.5) is 0 Å². The second-order valence-electron chi connectivity index (χ2n) is 6.12. The lowest BCUT2D eigenvalue weighted by Crippen LogP contribution is -2.37. The van der Waals surface area contributed by atoms with E-state index in [1.165, 1.54) is 0 Å². The zero-order valence-corrected chi connectivity index (χ0v) is 14.1. The molecule has 6 heteroatoms. The van der Waals surface area contributed by atoms with Crippen molar-refractivity contribution >= 4 is 11.9 Å². The number of nitrogens with one attached hydrogen (secondary N) is 1. The zero-order valence-electron chi connectivity index (χ0n) is 14.1. The van der Waals surface area contributed by atoms with Crippen LogP contribution in [0.2, 0.25) is 0 Å². The van der Waals surface area contributed by atoms with E-state index in [1.54, 1.807) is 18.5 Å². The number of hydrogen-bond acceptors (Lipinski definition) is 4. The number of aryl methyl sites for hydroxylation is 1. The van der Waals surface area contributed by atoms with E-state index >= 15 is 0 Å². The molecule has 0 saturated heterocycles. The molecule has 2 aromatic rings. The highest BCUT2D eigenvalue weighted by molar-refractivity contribution is 5.94. The molecule has 1 fully saturated rings. The summed E-state index contributed by atoms with van der Waals surface area (Å²) in [5.41, 5.74) is 2.55. The Morgan fingerprint density at radius 2 is 1.92 bits per heavy atom. The third-order valence-corrected chi connectivity index (χ3v) is 4.07. The van der Waals surface area contributed by atoms with E-state index in [2.05, 4.69) is 10.4 Å². The van der Waals surface area contributed by atoms with Gasteiger partial charge in [-0.3, -0.25) is 4.79 Å². The van der Waals surface area contributed by atoms with Gasteiger partial charge in [0.15, 0.2) is 6.10 Å². The Morgan fingerprint density at radius 3 is 2.54 bits per heavy atom. The largest absolute Gasteiger partial charge is 0.449 e. The lowest BCUT2D eigenvalue weighted by atomic mass is 10.2. The molecule has 1 amide bonds. The summed E-state index contributed by atoms with van der Waals surface area (Å²) in [6, 6.07) is 9.82. The zero-order chi connectivity index (χ0) is 17.3. The number of amides is 1. The van der Waals surface area contributed by atoms with Gasteiger partial charge in [-0.15, -0.1) is 0 Å². The van der Waals surface area contributed by atoms with Gasteiger partial charge in [-0.25, -0.2) is 9.48 Å². The number of esters is 1. The van der Waals surface area contributed by atoms with Crippen LogP contribution in [-0.2, 0) is 9.53 Å². The Labute approximate surface area is 140 Å². The van der Waals surface area contributed by atoms with Crippen LogP contribution in [0.15, 0.2) is 30.3 Å². The van der Waals surface area contributed by atoms with Crippen molar-refractivity contribution in [3.05, 3.63) is 47.3 Å². The number of aromatic nitrogens is 2. The van der Waals surface area contributed by atoms with Crippen molar-refractivity contribution < 1.29 is 14.3 Å². The van der Waals surface area contributed by atoms with Crippen molar-refractivity contribution in [1.82, 2.24) is 15.1 Å². The van der Waals surface area contributed by atoms with Crippen molar-refractivity contribution in [3.63, 3.8) is 0 Å². The van der Waals surface area contributed by atoms with Crippen LogP contribution < -0.4 is 5.32 Å². The van der Waals surface area contributed by atoms with Crippen LogP contribution in [-0.4, -0.2) is 33.8 Å². The smallest absolute Gasteiger partial charge is 0.342 e. The van der Waals surface area contributed by atoms with Crippen molar-refractivity contribution in [2.24, 2.45) is 0 Å². The number of rotatable bonds is 5. The van der Waals surface area contributed by atoms with E-state index in [0.29, 0.717) is 17.0 Å². The van der Waals surface area contributed by atoms with Crippen LogP contribution in [0.3, 0.4) is 0 Å². The van der Waals surface area contributed by atoms with Gasteiger partial charge < -0.3 is 10.1 Å². The maximum absolute atomic E-state index is 12.5. The minimum absolute atomic E-state index is 0.239. The molecule has 0 unspecified atom stereocenters. The Bertz CT molecular complexity index is 763. The minimum Gasteiger partial charge on any atom is -0.449 e. The molecule has 1 aliphatic carbocycles. The Morgan fingerprint density at radius 1 is 1.25 bits per heavy atom. The Balaban J connectivity index is 1.77. The first-order valence-corrected chi connectivity index (χ1v) is 8.10. The van der Waals surface area contributed by atoms with Gasteiger partial charge in [-0.1, -0.05) is 18.2 Å². The van der Waals surface area contributed by atoms with E-state index in [9.17, 15) is 9.59 Å². The summed E-state index contributed by atoms with van der Waals surface area (Å²) >= 11 is 0. The number of carbonyl (C=O) groups is 2. The van der Waals surface area contributed by atoms with Crippen molar-refractivity contribution in [2.75, 3.05) is 0 Å². The number of para-hydroxylation sites is 1. The van der Waals surface area contributed by atoms with Crippen molar-refractivity contribution in [2.45, 2.75) is 45.8 Å². The maximum Gasteiger partial charge on any atom is 0.342 e. The molecule has 1 N–H and O–H groups in total. The van der Waals surface area contributed by atoms with Gasteiger partial charge >= 0.3 is 5.97 Å². The molecule has 6 nitrogen and oxygen atoms in total. The highest BCUT2D eigenvalue weighted by Crippen LogP contribution is 2.21. The molecule has 3 rings (SSSR count). The molecule has 1 aliphatic rings. The number of carbonyl (C=O) groups excluding carboxylic acids is 2. The number of nitrogens with zero attached hydrogens (tertiary/aromatic N) is 2. The fourth-order valence-corrected chi connectivity index (χ4v) is 2.58. The predicted molar refractivity (Wildman–Crippen MR) is 89.1 cm³/mol. The Kier molecular flexibility index (Phi) is 4.38. The van der Waals surface area contributed by atoms with Gasteiger partial charge in [0.05, 0.1) is 17.1 Å². The minimum atomic E-state index is -0.822. The molecule has 0 bridgehead atoms. The fourth-order valence-electron chi connectivity index (χ4n) is 2.58. The summed E-state index contributed by atoms with van der Waals surface area (Å²) in [5.74, 6) is -0.776. The summed E-state index contributed by atoms with van der Waals surface area (Å²) in [6.07, 6.45) is 1.17. The molecule has 1 atom stereocenters. The molecule has 0 radical (unpaired) electrons. The SMILES string of the molecule is Cc1nn(-c2ccccc2)c(C)c1C(=O)O[C@@H](C)C(=O)NC1CC1. The molecular weight excluding hydrogens is 306 g/mol. The molecule has 126 valence electrons. The molecule has 1 saturated carbocycles. The van der Waals surface area contributed by atoms with Gasteiger partial charge in [0, 0.05) is 6.04 Å². The maximum atomic E-state index is 12.5. The van der Waals surface area contributed by atoms with Crippen molar-refractivity contribution in [1.29, 1.82) is 0 Å². The van der Waals surface area contributed by atoms with Crippen LogP contribution in [0.1, 0.15) is 41.5 Å². The molecule has 1 heterocycles. The van der Waals surface area contributed by atoms with Gasteiger partial charge in [-0.05, 0) is 45.7 Å². The van der Waals surface area contributed by atoms with E-state index in [4.69, 9.17) is 4.74 Å². The molecule has 0 aliphatic heterocycles. The molecule has 1 aromatic carbocycles. The highest BCUT2D eigenvalue weighted by atomic mass is 16.5. The number of ether oxygens (including phenoxy) is 1. The van der Waals surface area contributed by atoms with Crippen molar-refractivity contribution in [3.8, 4) is 5.69 Å². The van der Waals surface area contributed by atoms with Gasteiger partial charge in [0.2, 0.25) is 0 Å². The highest BCUT2D eigenvalue weighted by Gasteiger charge is 2.29. The second-order valence-corrected chi connectivity index (χ2v) is 6.12. The predicted octanol–water partition coefficient (Wildman–Crippen LogP) is 2.31. The van der Waals surface area contributed by atoms with E-state index in [-0.39, 0.29) is 11.9 Å². The van der Waals surface area contributed by atoms with Crippen LogP contribution >= 0.6 is 0 Å². The van der Waals surface area contributed by atoms with E-state index in [0.717, 1.165) is 18.5 Å². The summed E-state index contributed by atoms with van der Waals surface area (Å²) in [6.45, 7) is 5.17. The third-order valence-electron chi connectivity index (χ3n) is 4.07. The molecular formula is C18H21N3O3. The first-order valence-electron chi connectivity index (χ1n) is 8.10. The third kappa shape index (κ3) is 3.32.